The largest absolute Gasteiger partial charge is 0.396 e. The zero-order valence-corrected chi connectivity index (χ0v) is 7.53. The van der Waals surface area contributed by atoms with Crippen molar-refractivity contribution in [2.75, 3.05) is 12.0 Å². The van der Waals surface area contributed by atoms with Gasteiger partial charge in [0.05, 0.1) is 5.69 Å². The zero-order chi connectivity index (χ0) is 10.2. The first-order chi connectivity index (χ1) is 5.82. The maximum absolute atomic E-state index is 12.9. The summed E-state index contributed by atoms with van der Waals surface area (Å²) >= 11 is 0. The fraction of sp³-hybridized carbons (Fsp3) is 0.143. The standard InChI is InChI=1S/C7H7F2NO2S.H2/c1-13(11,12)7-3-4(8)6(10)2-5(7)9;/h2-3H,10H2,1H3;1H. The molecule has 0 aromatic heterocycles. The molecule has 0 unspecified atom stereocenters. The Morgan fingerprint density at radius 2 is 1.85 bits per heavy atom. The summed E-state index contributed by atoms with van der Waals surface area (Å²) in [5.74, 6) is -1.98. The Hall–Kier alpha value is -1.17. The molecule has 3 nitrogen and oxygen atoms in total. The maximum Gasteiger partial charge on any atom is 0.178 e. The molecule has 0 heterocycles. The van der Waals surface area contributed by atoms with Crippen LogP contribution in [0.25, 0.3) is 0 Å². The topological polar surface area (TPSA) is 60.2 Å². The molecule has 0 aliphatic carbocycles. The number of hydrogen-bond donors (Lipinski definition) is 1. The smallest absolute Gasteiger partial charge is 0.178 e. The first-order valence-electron chi connectivity index (χ1n) is 3.27. The number of sulfone groups is 1. The highest BCUT2D eigenvalue weighted by molar-refractivity contribution is 7.90. The van der Waals surface area contributed by atoms with Gasteiger partial charge in [-0.1, -0.05) is 0 Å². The molecule has 74 valence electrons. The van der Waals surface area contributed by atoms with Gasteiger partial charge in [-0.15, -0.1) is 0 Å². The molecule has 0 saturated heterocycles. The van der Waals surface area contributed by atoms with Gasteiger partial charge in [0, 0.05) is 13.7 Å². The molecular formula is C7H9F2NO2S. The summed E-state index contributed by atoms with van der Waals surface area (Å²) in [4.78, 5) is -0.681. The summed E-state index contributed by atoms with van der Waals surface area (Å²) in [6.07, 6.45) is 0.793. The summed E-state index contributed by atoms with van der Waals surface area (Å²) in [5.41, 5.74) is 4.61. The molecule has 0 fully saturated rings. The van der Waals surface area contributed by atoms with E-state index >= 15 is 0 Å². The lowest BCUT2D eigenvalue weighted by Crippen LogP contribution is -2.03. The molecule has 0 bridgehead atoms. The van der Waals surface area contributed by atoms with E-state index in [1.807, 2.05) is 0 Å². The molecule has 1 aromatic rings. The number of hydrogen-bond acceptors (Lipinski definition) is 3. The highest BCUT2D eigenvalue weighted by atomic mass is 32.2. The van der Waals surface area contributed by atoms with Gasteiger partial charge in [-0.25, -0.2) is 17.2 Å². The van der Waals surface area contributed by atoms with E-state index in [1.54, 1.807) is 0 Å². The van der Waals surface area contributed by atoms with E-state index in [1.165, 1.54) is 0 Å². The van der Waals surface area contributed by atoms with Crippen LogP contribution in [0.3, 0.4) is 0 Å². The summed E-state index contributed by atoms with van der Waals surface area (Å²) in [6, 6.07) is 1.21. The summed E-state index contributed by atoms with van der Waals surface area (Å²) in [6.45, 7) is 0. The molecule has 0 amide bonds. The van der Waals surface area contributed by atoms with Crippen LogP contribution in [0.5, 0.6) is 0 Å². The maximum atomic E-state index is 12.9. The van der Waals surface area contributed by atoms with Crippen LogP contribution in [-0.2, 0) is 9.84 Å². The molecule has 2 N–H and O–H groups in total. The average Bonchev–Trinajstić information content (AvgIpc) is 1.94. The molecule has 6 heteroatoms. The van der Waals surface area contributed by atoms with E-state index < -0.39 is 32.1 Å². The number of benzene rings is 1. The van der Waals surface area contributed by atoms with Crippen molar-refractivity contribution >= 4 is 15.5 Å². The van der Waals surface area contributed by atoms with E-state index in [0.29, 0.717) is 12.1 Å². The number of nitrogen functional groups attached to an aromatic ring is 1. The van der Waals surface area contributed by atoms with E-state index in [2.05, 4.69) is 0 Å². The van der Waals surface area contributed by atoms with E-state index in [4.69, 9.17) is 5.73 Å². The van der Waals surface area contributed by atoms with Crippen molar-refractivity contribution in [3.63, 3.8) is 0 Å². The summed E-state index contributed by atoms with van der Waals surface area (Å²) in [7, 11) is -3.74. The number of rotatable bonds is 1. The molecule has 0 aliphatic rings. The van der Waals surface area contributed by atoms with Crippen LogP contribution in [0.4, 0.5) is 14.5 Å². The van der Waals surface area contributed by atoms with Gasteiger partial charge >= 0.3 is 0 Å². The lowest BCUT2D eigenvalue weighted by atomic mass is 10.3. The van der Waals surface area contributed by atoms with Gasteiger partial charge in [-0.05, 0) is 6.07 Å². The van der Waals surface area contributed by atoms with E-state index in [0.717, 1.165) is 6.26 Å². The van der Waals surface area contributed by atoms with Crippen molar-refractivity contribution in [1.29, 1.82) is 0 Å². The van der Waals surface area contributed by atoms with Crippen LogP contribution < -0.4 is 5.73 Å². The molecule has 13 heavy (non-hydrogen) atoms. The SMILES string of the molecule is CS(=O)(=O)c1cc(F)c(N)cc1F.[HH]. The molecule has 0 atom stereocenters. The Labute approximate surface area is 75.6 Å². The second-order valence-corrected chi connectivity index (χ2v) is 4.56. The van der Waals surface area contributed by atoms with Crippen LogP contribution >= 0.6 is 0 Å². The monoisotopic (exact) mass is 209 g/mol. The second-order valence-electron chi connectivity index (χ2n) is 2.58. The average molecular weight is 209 g/mol. The molecule has 1 rings (SSSR count). The lowest BCUT2D eigenvalue weighted by molar-refractivity contribution is 0.558. The molecule has 0 aliphatic heterocycles. The quantitative estimate of drug-likeness (QED) is 0.707. The fourth-order valence-electron chi connectivity index (χ4n) is 0.828. The summed E-state index contributed by atoms with van der Waals surface area (Å²) < 4.78 is 47.4. The number of halogens is 2. The van der Waals surface area contributed by atoms with Crippen molar-refractivity contribution in [3.05, 3.63) is 23.8 Å². The Morgan fingerprint density at radius 3 is 2.31 bits per heavy atom. The third-order valence-corrected chi connectivity index (χ3v) is 2.56. The summed E-state index contributed by atoms with van der Waals surface area (Å²) in [5, 5.41) is 0. The van der Waals surface area contributed by atoms with Crippen molar-refractivity contribution in [1.82, 2.24) is 0 Å². The molecule has 0 spiro atoms. The third-order valence-electron chi connectivity index (χ3n) is 1.45. The minimum Gasteiger partial charge on any atom is -0.396 e. The van der Waals surface area contributed by atoms with Crippen LogP contribution in [0.15, 0.2) is 17.0 Å². The van der Waals surface area contributed by atoms with Gasteiger partial charge in [0.2, 0.25) is 0 Å². The predicted octanol–water partition coefficient (Wildman–Crippen LogP) is 1.20. The van der Waals surface area contributed by atoms with Gasteiger partial charge in [0.15, 0.2) is 9.84 Å². The minimum atomic E-state index is -3.74. The van der Waals surface area contributed by atoms with E-state index in [-0.39, 0.29) is 1.43 Å². The van der Waals surface area contributed by atoms with Gasteiger partial charge in [0.25, 0.3) is 0 Å². The predicted molar refractivity (Wildman–Crippen MR) is 46.0 cm³/mol. The Morgan fingerprint density at radius 1 is 1.31 bits per heavy atom. The first-order valence-corrected chi connectivity index (χ1v) is 5.16. The highest BCUT2D eigenvalue weighted by Crippen LogP contribution is 2.20. The number of nitrogens with two attached hydrogens (primary N) is 1. The van der Waals surface area contributed by atoms with Crippen LogP contribution in [0, 0.1) is 11.6 Å². The van der Waals surface area contributed by atoms with E-state index in [9.17, 15) is 17.2 Å². The van der Waals surface area contributed by atoms with Gasteiger partial charge in [0.1, 0.15) is 16.5 Å². The van der Waals surface area contributed by atoms with Crippen molar-refractivity contribution in [2.45, 2.75) is 4.90 Å². The Balaban J connectivity index is 0.00000169. The molecule has 0 saturated carbocycles. The third kappa shape index (κ3) is 1.95. The molecular weight excluding hydrogens is 200 g/mol. The van der Waals surface area contributed by atoms with Crippen LogP contribution in [-0.4, -0.2) is 14.7 Å². The van der Waals surface area contributed by atoms with Gasteiger partial charge in [-0.2, -0.15) is 0 Å². The highest BCUT2D eigenvalue weighted by Gasteiger charge is 2.16. The van der Waals surface area contributed by atoms with Gasteiger partial charge in [-0.3, -0.25) is 0 Å². The first kappa shape index (κ1) is 9.91. The fourth-order valence-corrected chi connectivity index (χ4v) is 1.56. The van der Waals surface area contributed by atoms with Crippen molar-refractivity contribution in [2.24, 2.45) is 0 Å². The zero-order valence-electron chi connectivity index (χ0n) is 6.71. The van der Waals surface area contributed by atoms with Crippen LogP contribution in [0.1, 0.15) is 1.43 Å². The Bertz CT molecular complexity index is 447. The minimum absolute atomic E-state index is 0. The molecule has 0 radical (unpaired) electrons. The number of anilines is 1. The lowest BCUT2D eigenvalue weighted by Gasteiger charge is -2.02. The molecule has 1 aromatic carbocycles. The second kappa shape index (κ2) is 2.95. The van der Waals surface area contributed by atoms with Crippen molar-refractivity contribution < 1.29 is 18.6 Å². The Kier molecular flexibility index (Phi) is 2.25. The normalized spacial score (nSPS) is 11.6. The van der Waals surface area contributed by atoms with Crippen molar-refractivity contribution in [3.8, 4) is 0 Å². The van der Waals surface area contributed by atoms with Gasteiger partial charge < -0.3 is 5.73 Å². The van der Waals surface area contributed by atoms with Crippen LogP contribution in [0.2, 0.25) is 0 Å².